The molecule has 21 heavy (non-hydrogen) atoms. The van der Waals surface area contributed by atoms with Crippen LogP contribution in [0.3, 0.4) is 0 Å². The fraction of sp³-hybridized carbons (Fsp3) is 0.312. The van der Waals surface area contributed by atoms with Crippen LogP contribution in [0.5, 0.6) is 0 Å². The Balaban J connectivity index is 1.58. The molecule has 4 nitrogen and oxygen atoms in total. The Hall–Kier alpha value is -2.14. The summed E-state index contributed by atoms with van der Waals surface area (Å²) in [5.41, 5.74) is 8.90. The maximum Gasteiger partial charge on any atom is 0.123 e. The summed E-state index contributed by atoms with van der Waals surface area (Å²) in [6.45, 7) is 4.68. The molecule has 1 saturated heterocycles. The maximum atomic E-state index is 12.9. The first kappa shape index (κ1) is 13.8. The van der Waals surface area contributed by atoms with Crippen molar-refractivity contribution in [2.24, 2.45) is 0 Å². The molecule has 110 valence electrons. The van der Waals surface area contributed by atoms with E-state index in [0.29, 0.717) is 0 Å². The summed E-state index contributed by atoms with van der Waals surface area (Å²) in [4.78, 5) is 8.69. The van der Waals surface area contributed by atoms with E-state index in [2.05, 4.69) is 14.8 Å². The fourth-order valence-corrected chi connectivity index (χ4v) is 2.68. The third-order valence-electron chi connectivity index (χ3n) is 3.86. The van der Waals surface area contributed by atoms with Gasteiger partial charge in [-0.2, -0.15) is 0 Å². The van der Waals surface area contributed by atoms with E-state index in [9.17, 15) is 4.39 Å². The van der Waals surface area contributed by atoms with Crippen LogP contribution in [0.4, 0.5) is 15.8 Å². The minimum Gasteiger partial charge on any atom is -0.396 e. The summed E-state index contributed by atoms with van der Waals surface area (Å²) in [5.74, 6) is -0.184. The van der Waals surface area contributed by atoms with Gasteiger partial charge in [0.15, 0.2) is 0 Å². The molecule has 1 fully saturated rings. The average molecular weight is 286 g/mol. The molecule has 0 unspecified atom stereocenters. The zero-order valence-corrected chi connectivity index (χ0v) is 11.9. The SMILES string of the molecule is Nc1cnccc1N1CCN(Cc2ccc(F)cc2)CC1. The van der Waals surface area contributed by atoms with Crippen LogP contribution in [0, 0.1) is 5.82 Å². The van der Waals surface area contributed by atoms with Crippen molar-refractivity contribution < 1.29 is 4.39 Å². The van der Waals surface area contributed by atoms with E-state index >= 15 is 0 Å². The smallest absolute Gasteiger partial charge is 0.123 e. The number of halogens is 1. The van der Waals surface area contributed by atoms with Gasteiger partial charge in [0.05, 0.1) is 17.6 Å². The highest BCUT2D eigenvalue weighted by Crippen LogP contribution is 2.22. The number of aromatic nitrogens is 1. The molecule has 0 bridgehead atoms. The summed E-state index contributed by atoms with van der Waals surface area (Å²) in [6.07, 6.45) is 3.47. The summed E-state index contributed by atoms with van der Waals surface area (Å²) >= 11 is 0. The van der Waals surface area contributed by atoms with E-state index in [1.807, 2.05) is 18.2 Å². The van der Waals surface area contributed by atoms with Gasteiger partial charge in [0, 0.05) is 38.9 Å². The molecule has 0 amide bonds. The van der Waals surface area contributed by atoms with Crippen molar-refractivity contribution in [1.29, 1.82) is 0 Å². The van der Waals surface area contributed by atoms with Gasteiger partial charge in [-0.3, -0.25) is 9.88 Å². The van der Waals surface area contributed by atoms with Crippen molar-refractivity contribution in [3.63, 3.8) is 0 Å². The monoisotopic (exact) mass is 286 g/mol. The lowest BCUT2D eigenvalue weighted by atomic mass is 10.2. The molecule has 3 rings (SSSR count). The number of rotatable bonds is 3. The molecule has 0 atom stereocenters. The van der Waals surface area contributed by atoms with E-state index in [1.54, 1.807) is 12.4 Å². The maximum absolute atomic E-state index is 12.9. The molecule has 2 aromatic rings. The Labute approximate surface area is 124 Å². The number of nitrogens with zero attached hydrogens (tertiary/aromatic N) is 3. The zero-order valence-electron chi connectivity index (χ0n) is 11.9. The second-order valence-electron chi connectivity index (χ2n) is 5.32. The highest BCUT2D eigenvalue weighted by atomic mass is 19.1. The van der Waals surface area contributed by atoms with E-state index in [4.69, 9.17) is 5.73 Å². The zero-order chi connectivity index (χ0) is 14.7. The number of hydrogen-bond acceptors (Lipinski definition) is 4. The van der Waals surface area contributed by atoms with Crippen LogP contribution in [-0.2, 0) is 6.54 Å². The number of hydrogen-bond donors (Lipinski definition) is 1. The van der Waals surface area contributed by atoms with Gasteiger partial charge in [0.2, 0.25) is 0 Å². The quantitative estimate of drug-likeness (QED) is 0.939. The number of piperazine rings is 1. The highest BCUT2D eigenvalue weighted by Gasteiger charge is 2.18. The summed E-state index contributed by atoms with van der Waals surface area (Å²) in [7, 11) is 0. The molecule has 2 N–H and O–H groups in total. The molecule has 0 radical (unpaired) electrons. The van der Waals surface area contributed by atoms with Crippen LogP contribution in [0.15, 0.2) is 42.7 Å². The lowest BCUT2D eigenvalue weighted by Gasteiger charge is -2.36. The molecule has 0 spiro atoms. The van der Waals surface area contributed by atoms with Gasteiger partial charge in [-0.15, -0.1) is 0 Å². The van der Waals surface area contributed by atoms with Gasteiger partial charge in [-0.25, -0.2) is 4.39 Å². The summed E-state index contributed by atoms with van der Waals surface area (Å²) in [6, 6.07) is 8.70. The third kappa shape index (κ3) is 3.31. The van der Waals surface area contributed by atoms with Crippen molar-refractivity contribution in [2.45, 2.75) is 6.54 Å². The number of pyridine rings is 1. The first-order chi connectivity index (χ1) is 10.2. The second-order valence-corrected chi connectivity index (χ2v) is 5.32. The Morgan fingerprint density at radius 2 is 1.76 bits per heavy atom. The van der Waals surface area contributed by atoms with Crippen molar-refractivity contribution in [2.75, 3.05) is 36.8 Å². The first-order valence-corrected chi connectivity index (χ1v) is 7.13. The Bertz CT molecular complexity index is 591. The van der Waals surface area contributed by atoms with Gasteiger partial charge < -0.3 is 10.6 Å². The van der Waals surface area contributed by atoms with Crippen LogP contribution in [0.1, 0.15) is 5.56 Å². The van der Waals surface area contributed by atoms with Gasteiger partial charge in [-0.05, 0) is 23.8 Å². The predicted octanol–water partition coefficient (Wildman–Crippen LogP) is 2.13. The lowest BCUT2D eigenvalue weighted by molar-refractivity contribution is 0.250. The minimum absolute atomic E-state index is 0.184. The Kier molecular flexibility index (Phi) is 4.01. The molecular formula is C16H19FN4. The molecule has 5 heteroatoms. The number of benzene rings is 1. The first-order valence-electron chi connectivity index (χ1n) is 7.13. The third-order valence-corrected chi connectivity index (χ3v) is 3.86. The average Bonchev–Trinajstić information content (AvgIpc) is 2.51. The molecule has 1 aromatic carbocycles. The Morgan fingerprint density at radius 3 is 2.43 bits per heavy atom. The molecule has 1 aromatic heterocycles. The Morgan fingerprint density at radius 1 is 1.05 bits per heavy atom. The van der Waals surface area contributed by atoms with Crippen LogP contribution in [-0.4, -0.2) is 36.1 Å². The molecule has 1 aliphatic heterocycles. The van der Waals surface area contributed by atoms with Crippen LogP contribution in [0.25, 0.3) is 0 Å². The second kappa shape index (κ2) is 6.10. The molecule has 0 aliphatic carbocycles. The number of nitrogen functional groups attached to an aromatic ring is 1. The van der Waals surface area contributed by atoms with Gasteiger partial charge in [-0.1, -0.05) is 12.1 Å². The van der Waals surface area contributed by atoms with Gasteiger partial charge in [0.25, 0.3) is 0 Å². The normalized spacial score (nSPS) is 16.1. The van der Waals surface area contributed by atoms with Crippen LogP contribution < -0.4 is 10.6 Å². The standard InChI is InChI=1S/C16H19FN4/c17-14-3-1-13(2-4-14)12-20-7-9-21(10-8-20)16-5-6-19-11-15(16)18/h1-6,11H,7-10,12,18H2. The molecular weight excluding hydrogens is 267 g/mol. The number of nitrogens with two attached hydrogens (primary N) is 1. The van der Waals surface area contributed by atoms with Crippen molar-refractivity contribution in [3.8, 4) is 0 Å². The molecule has 1 aliphatic rings. The van der Waals surface area contributed by atoms with Gasteiger partial charge >= 0.3 is 0 Å². The van der Waals surface area contributed by atoms with Crippen LogP contribution >= 0.6 is 0 Å². The van der Waals surface area contributed by atoms with Crippen molar-refractivity contribution >= 4 is 11.4 Å². The van der Waals surface area contributed by atoms with Crippen LogP contribution in [0.2, 0.25) is 0 Å². The van der Waals surface area contributed by atoms with Crippen molar-refractivity contribution in [1.82, 2.24) is 9.88 Å². The molecule has 0 saturated carbocycles. The molecule has 2 heterocycles. The topological polar surface area (TPSA) is 45.4 Å². The van der Waals surface area contributed by atoms with E-state index in [0.717, 1.165) is 49.7 Å². The fourth-order valence-electron chi connectivity index (χ4n) is 2.68. The van der Waals surface area contributed by atoms with E-state index in [1.165, 1.54) is 12.1 Å². The number of anilines is 2. The van der Waals surface area contributed by atoms with Crippen molar-refractivity contribution in [3.05, 3.63) is 54.1 Å². The minimum atomic E-state index is -0.184. The van der Waals surface area contributed by atoms with E-state index in [-0.39, 0.29) is 5.82 Å². The summed E-state index contributed by atoms with van der Waals surface area (Å²) in [5, 5.41) is 0. The van der Waals surface area contributed by atoms with E-state index < -0.39 is 0 Å². The largest absolute Gasteiger partial charge is 0.396 e. The van der Waals surface area contributed by atoms with Gasteiger partial charge in [0.1, 0.15) is 5.82 Å². The lowest BCUT2D eigenvalue weighted by Crippen LogP contribution is -2.46. The highest BCUT2D eigenvalue weighted by molar-refractivity contribution is 5.66. The predicted molar refractivity (Wildman–Crippen MR) is 82.5 cm³/mol. The summed E-state index contributed by atoms with van der Waals surface area (Å²) < 4.78 is 12.9.